The molecule has 1 aliphatic carbocycles. The van der Waals surface area contributed by atoms with Crippen molar-refractivity contribution in [1.29, 1.82) is 0 Å². The van der Waals surface area contributed by atoms with Crippen LogP contribution >= 0.6 is 0 Å². The van der Waals surface area contributed by atoms with Gasteiger partial charge in [-0.3, -0.25) is 15.0 Å². The zero-order chi connectivity index (χ0) is 18.1. The predicted octanol–water partition coefficient (Wildman–Crippen LogP) is 2.54. The number of amides is 3. The maximum atomic E-state index is 12.2. The highest BCUT2D eigenvalue weighted by molar-refractivity contribution is 5.96. The number of imide groups is 1. The third kappa shape index (κ3) is 6.74. The first-order valence-electron chi connectivity index (χ1n) is 9.05. The molecule has 0 saturated heterocycles. The Morgan fingerprint density at radius 1 is 1.20 bits per heavy atom. The molecule has 0 aromatic heterocycles. The van der Waals surface area contributed by atoms with Crippen molar-refractivity contribution in [3.05, 3.63) is 30.3 Å². The van der Waals surface area contributed by atoms with Crippen LogP contribution < -0.4 is 15.4 Å². The normalized spacial score (nSPS) is 16.3. The average molecular weight is 347 g/mol. The molecule has 0 bridgehead atoms. The van der Waals surface area contributed by atoms with Crippen LogP contribution in [-0.4, -0.2) is 49.1 Å². The topological polar surface area (TPSA) is 70.7 Å². The number of urea groups is 1. The van der Waals surface area contributed by atoms with Gasteiger partial charge in [-0.25, -0.2) is 4.79 Å². The zero-order valence-corrected chi connectivity index (χ0v) is 15.2. The number of carbonyl (C=O) groups excluding carboxylic acids is 2. The van der Waals surface area contributed by atoms with Crippen LogP contribution in [0.4, 0.5) is 4.79 Å². The van der Waals surface area contributed by atoms with E-state index in [2.05, 4.69) is 10.6 Å². The van der Waals surface area contributed by atoms with E-state index >= 15 is 0 Å². The van der Waals surface area contributed by atoms with Crippen molar-refractivity contribution in [1.82, 2.24) is 15.5 Å². The van der Waals surface area contributed by atoms with Gasteiger partial charge in [-0.15, -0.1) is 0 Å². The zero-order valence-electron chi connectivity index (χ0n) is 15.2. The SMILES string of the molecule is CC(C(=O)NC(=O)NC1CCCCC1)N(C)CCOc1ccccc1. The fourth-order valence-corrected chi connectivity index (χ4v) is 2.90. The van der Waals surface area contributed by atoms with Gasteiger partial charge in [0.2, 0.25) is 5.91 Å². The fourth-order valence-electron chi connectivity index (χ4n) is 2.90. The van der Waals surface area contributed by atoms with Crippen molar-refractivity contribution in [3.63, 3.8) is 0 Å². The lowest BCUT2D eigenvalue weighted by Gasteiger charge is -2.25. The minimum atomic E-state index is -0.406. The Morgan fingerprint density at radius 2 is 1.88 bits per heavy atom. The first-order valence-corrected chi connectivity index (χ1v) is 9.05. The summed E-state index contributed by atoms with van der Waals surface area (Å²) in [4.78, 5) is 26.0. The molecule has 1 saturated carbocycles. The molecule has 6 nitrogen and oxygen atoms in total. The van der Waals surface area contributed by atoms with E-state index < -0.39 is 12.1 Å². The van der Waals surface area contributed by atoms with Crippen molar-refractivity contribution in [2.45, 2.75) is 51.1 Å². The summed E-state index contributed by atoms with van der Waals surface area (Å²) < 4.78 is 5.64. The Labute approximate surface area is 149 Å². The summed E-state index contributed by atoms with van der Waals surface area (Å²) in [6, 6.07) is 8.95. The lowest BCUT2D eigenvalue weighted by molar-refractivity contribution is -0.124. The van der Waals surface area contributed by atoms with Gasteiger partial charge in [0, 0.05) is 12.6 Å². The van der Waals surface area contributed by atoms with Crippen LogP contribution in [0.2, 0.25) is 0 Å². The fraction of sp³-hybridized carbons (Fsp3) is 0.579. The average Bonchev–Trinajstić information content (AvgIpc) is 2.62. The second-order valence-electron chi connectivity index (χ2n) is 6.62. The Balaban J connectivity index is 1.67. The first-order chi connectivity index (χ1) is 12.1. The van der Waals surface area contributed by atoms with Crippen LogP contribution in [0.1, 0.15) is 39.0 Å². The van der Waals surface area contributed by atoms with E-state index in [4.69, 9.17) is 4.74 Å². The summed E-state index contributed by atoms with van der Waals surface area (Å²) in [5.74, 6) is 0.510. The molecule has 1 aliphatic rings. The van der Waals surface area contributed by atoms with Crippen molar-refractivity contribution < 1.29 is 14.3 Å². The van der Waals surface area contributed by atoms with Crippen molar-refractivity contribution in [2.75, 3.05) is 20.2 Å². The Hall–Kier alpha value is -2.08. The number of likely N-dealkylation sites (N-methyl/N-ethyl adjacent to an activating group) is 1. The maximum absolute atomic E-state index is 12.2. The van der Waals surface area contributed by atoms with Gasteiger partial charge < -0.3 is 10.1 Å². The number of benzene rings is 1. The largest absolute Gasteiger partial charge is 0.492 e. The van der Waals surface area contributed by atoms with Crippen molar-refractivity contribution in [3.8, 4) is 5.75 Å². The molecular weight excluding hydrogens is 318 g/mol. The molecule has 1 aromatic carbocycles. The minimum Gasteiger partial charge on any atom is -0.492 e. The van der Waals surface area contributed by atoms with Crippen LogP contribution in [0.5, 0.6) is 5.75 Å². The number of rotatable bonds is 7. The van der Waals surface area contributed by atoms with Crippen LogP contribution in [0.25, 0.3) is 0 Å². The van der Waals surface area contributed by atoms with Crippen LogP contribution in [0.15, 0.2) is 30.3 Å². The van der Waals surface area contributed by atoms with Crippen LogP contribution in [0.3, 0.4) is 0 Å². The summed E-state index contributed by atoms with van der Waals surface area (Å²) in [6.07, 6.45) is 5.49. The molecule has 0 spiro atoms. The predicted molar refractivity (Wildman–Crippen MR) is 97.6 cm³/mol. The Bertz CT molecular complexity index is 544. The Morgan fingerprint density at radius 3 is 2.56 bits per heavy atom. The van der Waals surface area contributed by atoms with Crippen LogP contribution in [0, 0.1) is 0 Å². The third-order valence-electron chi connectivity index (χ3n) is 4.67. The maximum Gasteiger partial charge on any atom is 0.321 e. The van der Waals surface area contributed by atoms with Crippen LogP contribution in [-0.2, 0) is 4.79 Å². The van der Waals surface area contributed by atoms with Gasteiger partial charge in [0.25, 0.3) is 0 Å². The molecule has 2 N–H and O–H groups in total. The number of carbonyl (C=O) groups is 2. The van der Waals surface area contributed by atoms with E-state index in [-0.39, 0.29) is 11.9 Å². The quantitative estimate of drug-likeness (QED) is 0.795. The molecule has 3 amide bonds. The molecule has 1 fully saturated rings. The van der Waals surface area contributed by atoms with Gasteiger partial charge in [0.15, 0.2) is 0 Å². The molecule has 1 aromatic rings. The van der Waals surface area contributed by atoms with E-state index in [1.54, 1.807) is 6.92 Å². The van der Waals surface area contributed by atoms with Gasteiger partial charge in [0.1, 0.15) is 12.4 Å². The number of para-hydroxylation sites is 1. The van der Waals surface area contributed by atoms with E-state index in [9.17, 15) is 9.59 Å². The van der Waals surface area contributed by atoms with Gasteiger partial charge >= 0.3 is 6.03 Å². The highest BCUT2D eigenvalue weighted by atomic mass is 16.5. The number of ether oxygens (including phenoxy) is 1. The molecule has 1 unspecified atom stereocenters. The number of hydrogen-bond donors (Lipinski definition) is 2. The minimum absolute atomic E-state index is 0.189. The van der Waals surface area contributed by atoms with Gasteiger partial charge in [-0.05, 0) is 38.9 Å². The lowest BCUT2D eigenvalue weighted by atomic mass is 9.96. The third-order valence-corrected chi connectivity index (χ3v) is 4.67. The monoisotopic (exact) mass is 347 g/mol. The second kappa shape index (κ2) is 10.0. The lowest BCUT2D eigenvalue weighted by Crippen LogP contribution is -2.51. The molecule has 1 atom stereocenters. The van der Waals surface area contributed by atoms with Gasteiger partial charge in [0.05, 0.1) is 6.04 Å². The van der Waals surface area contributed by atoms with Gasteiger partial charge in [-0.1, -0.05) is 37.5 Å². The Kier molecular flexibility index (Phi) is 7.73. The van der Waals surface area contributed by atoms with E-state index in [0.717, 1.165) is 31.4 Å². The summed E-state index contributed by atoms with van der Waals surface area (Å²) in [5, 5.41) is 5.34. The highest BCUT2D eigenvalue weighted by Crippen LogP contribution is 2.17. The summed E-state index contributed by atoms with van der Waals surface area (Å²) >= 11 is 0. The number of nitrogens with zero attached hydrogens (tertiary/aromatic N) is 1. The molecule has 0 heterocycles. The summed E-state index contributed by atoms with van der Waals surface area (Å²) in [5.41, 5.74) is 0. The first kappa shape index (κ1) is 19.2. The molecule has 0 aliphatic heterocycles. The molecule has 6 heteroatoms. The summed E-state index contributed by atoms with van der Waals surface area (Å²) in [6.45, 7) is 2.85. The smallest absolute Gasteiger partial charge is 0.321 e. The summed E-state index contributed by atoms with van der Waals surface area (Å²) in [7, 11) is 1.84. The molecule has 2 rings (SSSR count). The standard InChI is InChI=1S/C19H29N3O3/c1-15(22(2)13-14-25-17-11-7-4-8-12-17)18(23)21-19(24)20-16-9-5-3-6-10-16/h4,7-8,11-12,15-16H,3,5-6,9-10,13-14H2,1-2H3,(H2,20,21,23,24). The van der Waals surface area contributed by atoms with Gasteiger partial charge in [-0.2, -0.15) is 0 Å². The van der Waals surface area contributed by atoms with E-state index in [1.807, 2.05) is 42.3 Å². The number of hydrogen-bond acceptors (Lipinski definition) is 4. The highest BCUT2D eigenvalue weighted by Gasteiger charge is 2.22. The van der Waals surface area contributed by atoms with Crippen molar-refractivity contribution in [2.24, 2.45) is 0 Å². The molecule has 25 heavy (non-hydrogen) atoms. The van der Waals surface area contributed by atoms with E-state index in [1.165, 1.54) is 6.42 Å². The van der Waals surface area contributed by atoms with Crippen molar-refractivity contribution >= 4 is 11.9 Å². The molecule has 0 radical (unpaired) electrons. The molecular formula is C19H29N3O3. The van der Waals surface area contributed by atoms with E-state index in [0.29, 0.717) is 13.2 Å². The second-order valence-corrected chi connectivity index (χ2v) is 6.62. The molecule has 138 valence electrons. The number of nitrogens with one attached hydrogen (secondary N) is 2.